The quantitative estimate of drug-likeness (QED) is 0.0222. The van der Waals surface area contributed by atoms with Gasteiger partial charge in [-0.1, -0.05) is 299 Å². The van der Waals surface area contributed by atoms with E-state index in [0.29, 0.717) is 31.6 Å². The number of aliphatic hydroxyl groups excluding tert-OH is 1. The Morgan fingerprint density at radius 3 is 0.789 bits per heavy atom. The molecule has 0 saturated carbocycles. The van der Waals surface area contributed by atoms with E-state index < -0.39 is 97.5 Å². The summed E-state index contributed by atoms with van der Waals surface area (Å²) in [5.74, 6) is 0.822. The van der Waals surface area contributed by atoms with Gasteiger partial charge in [-0.15, -0.1) is 0 Å². The molecule has 0 amide bonds. The molecule has 0 aliphatic carbocycles. The lowest BCUT2D eigenvalue weighted by atomic mass is 10.00. The summed E-state index contributed by atoms with van der Waals surface area (Å²) in [5.41, 5.74) is 0. The van der Waals surface area contributed by atoms with Crippen LogP contribution in [0.2, 0.25) is 0 Å². The Bertz CT molecular complexity index is 1780. The summed E-state index contributed by atoms with van der Waals surface area (Å²) in [6, 6.07) is 0. The minimum atomic E-state index is -4.95. The minimum Gasteiger partial charge on any atom is -0.462 e. The van der Waals surface area contributed by atoms with Gasteiger partial charge in [0.15, 0.2) is 12.2 Å². The highest BCUT2D eigenvalue weighted by molar-refractivity contribution is 7.47. The molecule has 0 rings (SSSR count). The maximum atomic E-state index is 13.0. The van der Waals surface area contributed by atoms with Crippen LogP contribution < -0.4 is 0 Å². The first kappa shape index (κ1) is 88.1. The zero-order valence-electron chi connectivity index (χ0n) is 58.8. The third-order valence-electron chi connectivity index (χ3n) is 16.7. The Balaban J connectivity index is 5.17. The molecule has 0 aliphatic heterocycles. The first-order valence-electron chi connectivity index (χ1n) is 36.7. The number of ether oxygens (including phenoxy) is 4. The highest BCUT2D eigenvalue weighted by Crippen LogP contribution is 2.45. The molecule has 0 heterocycles. The first-order valence-corrected chi connectivity index (χ1v) is 39.7. The molecule has 0 radical (unpaired) electrons. The summed E-state index contributed by atoms with van der Waals surface area (Å²) in [5, 5.41) is 10.6. The van der Waals surface area contributed by atoms with Gasteiger partial charge >= 0.3 is 39.5 Å². The lowest BCUT2D eigenvalue weighted by Crippen LogP contribution is -2.30. The van der Waals surface area contributed by atoms with Gasteiger partial charge in [0.2, 0.25) is 0 Å². The third kappa shape index (κ3) is 63.5. The fourth-order valence-electron chi connectivity index (χ4n) is 10.6. The predicted molar refractivity (Wildman–Crippen MR) is 363 cm³/mol. The van der Waals surface area contributed by atoms with Gasteiger partial charge in [0, 0.05) is 25.7 Å². The number of rotatable bonds is 68. The predicted octanol–water partition coefficient (Wildman–Crippen LogP) is 20.1. The first-order chi connectivity index (χ1) is 43.1. The van der Waals surface area contributed by atoms with Crippen molar-refractivity contribution in [3.05, 3.63) is 0 Å². The maximum Gasteiger partial charge on any atom is 0.472 e. The van der Waals surface area contributed by atoms with Gasteiger partial charge < -0.3 is 33.8 Å². The molecule has 0 saturated heterocycles. The number of phosphoric acid groups is 2. The van der Waals surface area contributed by atoms with E-state index in [0.717, 1.165) is 114 Å². The Morgan fingerprint density at radius 1 is 0.311 bits per heavy atom. The molecular formula is C71H138O17P2. The van der Waals surface area contributed by atoms with Gasteiger partial charge in [-0.05, 0) is 49.4 Å². The molecule has 0 aliphatic rings. The summed E-state index contributed by atoms with van der Waals surface area (Å²) >= 11 is 0. The highest BCUT2D eigenvalue weighted by atomic mass is 31.2. The van der Waals surface area contributed by atoms with Crippen molar-refractivity contribution >= 4 is 39.5 Å². The standard InChI is InChI=1S/C71H138O17P2/c1-9-64(8)50-42-34-29-30-38-46-54-71(76)88-67(58-81-68(73)51-43-35-26-19-17-15-13-11-10-12-14-16-18-23-31-39-47-61(2)3)60-86-90(79,80)84-56-65(72)55-83-89(77,78)85-59-66(57-82-69(74)52-44-36-28-22-25-33-41-49-63(6)7)87-70(75)53-45-37-27-21-20-24-32-40-48-62(4)5/h61-67,72H,9-60H2,1-8H3,(H,77,78)(H,79,80)/t64?,65?,66-,67-/m1/s1. The topological polar surface area (TPSA) is 237 Å². The molecule has 17 nitrogen and oxygen atoms in total. The van der Waals surface area contributed by atoms with Crippen molar-refractivity contribution in [2.75, 3.05) is 39.6 Å². The van der Waals surface area contributed by atoms with Gasteiger partial charge in [-0.3, -0.25) is 37.3 Å². The minimum absolute atomic E-state index is 0.103. The molecule has 90 heavy (non-hydrogen) atoms. The van der Waals surface area contributed by atoms with Crippen molar-refractivity contribution < 1.29 is 80.2 Å². The SMILES string of the molecule is CCC(C)CCCCCCCCC(=O)O[C@H](COC(=O)CCCCCCCCCCCCCCCCCCC(C)C)COP(=O)(O)OCC(O)COP(=O)(O)OC[C@@H](COC(=O)CCCCCCCCCC(C)C)OC(=O)CCCCCCCCCCC(C)C. The molecule has 0 aromatic carbocycles. The van der Waals surface area contributed by atoms with Crippen molar-refractivity contribution in [1.29, 1.82) is 0 Å². The second-order valence-corrected chi connectivity index (χ2v) is 30.2. The van der Waals surface area contributed by atoms with Crippen molar-refractivity contribution in [3.63, 3.8) is 0 Å². The molecule has 0 aromatic rings. The number of phosphoric ester groups is 2. The van der Waals surface area contributed by atoms with Crippen LogP contribution in [0.3, 0.4) is 0 Å². The Labute approximate surface area is 549 Å². The van der Waals surface area contributed by atoms with E-state index in [1.165, 1.54) is 148 Å². The van der Waals surface area contributed by atoms with E-state index >= 15 is 0 Å². The molecule has 0 bridgehead atoms. The summed E-state index contributed by atoms with van der Waals surface area (Å²) in [6.45, 7) is 14.0. The van der Waals surface area contributed by atoms with Gasteiger partial charge in [-0.25, -0.2) is 9.13 Å². The molecule has 19 heteroatoms. The second-order valence-electron chi connectivity index (χ2n) is 27.3. The van der Waals surface area contributed by atoms with Crippen LogP contribution in [0.5, 0.6) is 0 Å². The van der Waals surface area contributed by atoms with Crippen molar-refractivity contribution in [3.8, 4) is 0 Å². The van der Waals surface area contributed by atoms with Gasteiger partial charge in [-0.2, -0.15) is 0 Å². The molecule has 0 fully saturated rings. The smallest absolute Gasteiger partial charge is 0.462 e. The number of esters is 4. The lowest BCUT2D eigenvalue weighted by Gasteiger charge is -2.21. The highest BCUT2D eigenvalue weighted by Gasteiger charge is 2.30. The molecule has 6 atom stereocenters. The Hall–Kier alpha value is -1.94. The Kier molecular flexibility index (Phi) is 59.4. The number of unbranched alkanes of at least 4 members (excludes halogenated alkanes) is 33. The Morgan fingerprint density at radius 2 is 0.533 bits per heavy atom. The van der Waals surface area contributed by atoms with Crippen LogP contribution >= 0.6 is 15.6 Å². The van der Waals surface area contributed by atoms with E-state index in [4.69, 9.17) is 37.0 Å². The largest absolute Gasteiger partial charge is 0.472 e. The van der Waals surface area contributed by atoms with Crippen molar-refractivity contribution in [2.24, 2.45) is 23.7 Å². The zero-order chi connectivity index (χ0) is 66.8. The van der Waals surface area contributed by atoms with Crippen LogP contribution in [-0.4, -0.2) is 96.7 Å². The second kappa shape index (κ2) is 60.7. The van der Waals surface area contributed by atoms with E-state index in [-0.39, 0.29) is 25.7 Å². The van der Waals surface area contributed by atoms with Crippen LogP contribution in [-0.2, 0) is 65.4 Å². The monoisotopic (exact) mass is 1320 g/mol. The van der Waals surface area contributed by atoms with Crippen LogP contribution in [0, 0.1) is 23.7 Å². The van der Waals surface area contributed by atoms with Crippen LogP contribution in [0.15, 0.2) is 0 Å². The van der Waals surface area contributed by atoms with E-state index in [2.05, 4.69) is 55.4 Å². The van der Waals surface area contributed by atoms with Crippen molar-refractivity contribution in [2.45, 2.75) is 369 Å². The van der Waals surface area contributed by atoms with Gasteiger partial charge in [0.05, 0.1) is 26.4 Å². The van der Waals surface area contributed by atoms with E-state index in [1.54, 1.807) is 0 Å². The van der Waals surface area contributed by atoms with E-state index in [1.807, 2.05) is 0 Å². The van der Waals surface area contributed by atoms with Crippen LogP contribution in [0.1, 0.15) is 351 Å². The summed E-state index contributed by atoms with van der Waals surface area (Å²) in [6.07, 6.45) is 43.4. The van der Waals surface area contributed by atoms with Crippen LogP contribution in [0.4, 0.5) is 0 Å². The number of hydrogen-bond acceptors (Lipinski definition) is 15. The van der Waals surface area contributed by atoms with E-state index in [9.17, 15) is 43.2 Å². The number of carbonyl (C=O) groups excluding carboxylic acids is 4. The number of carbonyl (C=O) groups is 4. The molecule has 534 valence electrons. The van der Waals surface area contributed by atoms with Crippen LogP contribution in [0.25, 0.3) is 0 Å². The maximum absolute atomic E-state index is 13.0. The normalized spacial score (nSPS) is 14.6. The lowest BCUT2D eigenvalue weighted by molar-refractivity contribution is -0.161. The zero-order valence-corrected chi connectivity index (χ0v) is 60.6. The van der Waals surface area contributed by atoms with Gasteiger partial charge in [0.25, 0.3) is 0 Å². The number of aliphatic hydroxyl groups is 1. The fraction of sp³-hybridized carbons (Fsp3) is 0.944. The average Bonchev–Trinajstić information content (AvgIpc) is 3.26. The molecule has 0 spiro atoms. The summed E-state index contributed by atoms with van der Waals surface area (Å²) in [4.78, 5) is 72.5. The molecular weight excluding hydrogens is 1190 g/mol. The number of hydrogen-bond donors (Lipinski definition) is 3. The molecule has 3 N–H and O–H groups in total. The fourth-order valence-corrected chi connectivity index (χ4v) is 12.2. The van der Waals surface area contributed by atoms with Gasteiger partial charge in [0.1, 0.15) is 19.3 Å². The third-order valence-corrected chi connectivity index (χ3v) is 18.6. The molecule has 4 unspecified atom stereocenters. The average molecular weight is 1330 g/mol. The summed E-state index contributed by atoms with van der Waals surface area (Å²) < 4.78 is 68.2. The molecule has 0 aromatic heterocycles. The van der Waals surface area contributed by atoms with Crippen molar-refractivity contribution in [1.82, 2.24) is 0 Å². The summed E-state index contributed by atoms with van der Waals surface area (Å²) in [7, 11) is -9.90.